The zero-order valence-electron chi connectivity index (χ0n) is 9.20. The lowest BCUT2D eigenvalue weighted by Crippen LogP contribution is -2.33. The van der Waals surface area contributed by atoms with Crippen LogP contribution in [0.4, 0.5) is 0 Å². The summed E-state index contributed by atoms with van der Waals surface area (Å²) >= 11 is 6.43. The van der Waals surface area contributed by atoms with E-state index in [1.165, 1.54) is 0 Å². The molecule has 0 aromatic heterocycles. The fourth-order valence-corrected chi connectivity index (χ4v) is 2.32. The highest BCUT2D eigenvalue weighted by atomic mass is 79.9. The molecule has 0 saturated carbocycles. The first kappa shape index (κ1) is 14.7. The first-order valence-corrected chi connectivity index (χ1v) is 6.24. The minimum absolute atomic E-state index is 0.0206. The molecule has 0 aliphatic heterocycles. The van der Waals surface area contributed by atoms with Crippen LogP contribution in [0.15, 0.2) is 26.2 Å². The van der Waals surface area contributed by atoms with Gasteiger partial charge in [-0.15, -0.1) is 0 Å². The van der Waals surface area contributed by atoms with Crippen molar-refractivity contribution in [3.05, 3.63) is 26.6 Å². The van der Waals surface area contributed by atoms with Crippen LogP contribution in [0.5, 0.6) is 5.75 Å². The van der Waals surface area contributed by atoms with E-state index >= 15 is 0 Å². The molecule has 0 spiro atoms. The summed E-state index contributed by atoms with van der Waals surface area (Å²) in [6, 6.07) is 3.28. The van der Waals surface area contributed by atoms with Crippen LogP contribution in [0.1, 0.15) is 12.5 Å². The molecular weight excluding hydrogens is 370 g/mol. The SMILES string of the molecule is C/C(=N\NC(=O)C(N)=O)c1cc(Br)cc(Br)c1O. The highest BCUT2D eigenvalue weighted by Gasteiger charge is 2.11. The van der Waals surface area contributed by atoms with Crippen molar-refractivity contribution >= 4 is 49.4 Å². The Hall–Kier alpha value is -1.41. The largest absolute Gasteiger partial charge is 0.506 e. The number of rotatable bonds is 2. The Morgan fingerprint density at radius 1 is 1.39 bits per heavy atom. The first-order valence-electron chi connectivity index (χ1n) is 4.65. The summed E-state index contributed by atoms with van der Waals surface area (Å²) in [6.07, 6.45) is 0. The van der Waals surface area contributed by atoms with Gasteiger partial charge in [0.05, 0.1) is 10.2 Å². The number of hydrogen-bond acceptors (Lipinski definition) is 4. The van der Waals surface area contributed by atoms with Crippen molar-refractivity contribution in [1.82, 2.24) is 5.43 Å². The van der Waals surface area contributed by atoms with Crippen molar-refractivity contribution in [3.8, 4) is 5.75 Å². The Morgan fingerprint density at radius 2 is 2.00 bits per heavy atom. The first-order chi connectivity index (χ1) is 8.32. The van der Waals surface area contributed by atoms with Gasteiger partial charge in [0.1, 0.15) is 5.75 Å². The van der Waals surface area contributed by atoms with Gasteiger partial charge in [-0.2, -0.15) is 5.10 Å². The summed E-state index contributed by atoms with van der Waals surface area (Å²) < 4.78 is 1.20. The van der Waals surface area contributed by atoms with Gasteiger partial charge in [-0.25, -0.2) is 5.43 Å². The van der Waals surface area contributed by atoms with E-state index in [9.17, 15) is 14.7 Å². The quantitative estimate of drug-likeness (QED) is 0.409. The number of carbonyl (C=O) groups excluding carboxylic acids is 2. The number of halogens is 2. The molecule has 4 N–H and O–H groups in total. The smallest absolute Gasteiger partial charge is 0.329 e. The number of nitrogens with zero attached hydrogens (tertiary/aromatic N) is 1. The lowest BCUT2D eigenvalue weighted by molar-refractivity contribution is -0.137. The number of hydrazone groups is 1. The number of hydrogen-bond donors (Lipinski definition) is 3. The Morgan fingerprint density at radius 3 is 2.56 bits per heavy atom. The molecule has 0 aliphatic carbocycles. The maximum atomic E-state index is 10.9. The Bertz CT molecular complexity index is 543. The van der Waals surface area contributed by atoms with Crippen LogP contribution in [0.25, 0.3) is 0 Å². The van der Waals surface area contributed by atoms with Crippen molar-refractivity contribution in [3.63, 3.8) is 0 Å². The number of nitrogens with one attached hydrogen (secondary N) is 1. The maximum absolute atomic E-state index is 10.9. The van der Waals surface area contributed by atoms with Crippen LogP contribution in [-0.4, -0.2) is 22.6 Å². The van der Waals surface area contributed by atoms with Crippen LogP contribution >= 0.6 is 31.9 Å². The minimum Gasteiger partial charge on any atom is -0.506 e. The number of phenols is 1. The van der Waals surface area contributed by atoms with E-state index in [0.29, 0.717) is 15.7 Å². The molecule has 8 heteroatoms. The lowest BCUT2D eigenvalue weighted by atomic mass is 10.1. The highest BCUT2D eigenvalue weighted by molar-refractivity contribution is 9.11. The third-order valence-electron chi connectivity index (χ3n) is 1.97. The third kappa shape index (κ3) is 3.54. The van der Waals surface area contributed by atoms with Crippen molar-refractivity contribution in [2.45, 2.75) is 6.92 Å². The zero-order valence-corrected chi connectivity index (χ0v) is 12.4. The van der Waals surface area contributed by atoms with Gasteiger partial charge in [-0.05, 0) is 35.0 Å². The Kier molecular flexibility index (Phi) is 4.85. The molecule has 0 aliphatic rings. The second-order valence-corrected chi connectivity index (χ2v) is 5.06. The van der Waals surface area contributed by atoms with Gasteiger partial charge in [0, 0.05) is 10.0 Å². The van der Waals surface area contributed by atoms with Gasteiger partial charge in [-0.1, -0.05) is 15.9 Å². The summed E-state index contributed by atoms with van der Waals surface area (Å²) in [7, 11) is 0. The fourth-order valence-electron chi connectivity index (χ4n) is 1.09. The monoisotopic (exact) mass is 377 g/mol. The van der Waals surface area contributed by atoms with Crippen molar-refractivity contribution in [2.24, 2.45) is 10.8 Å². The van der Waals surface area contributed by atoms with E-state index in [4.69, 9.17) is 5.73 Å². The number of primary amides is 1. The van der Waals surface area contributed by atoms with E-state index in [1.807, 2.05) is 5.43 Å². The van der Waals surface area contributed by atoms with E-state index < -0.39 is 11.8 Å². The van der Waals surface area contributed by atoms with E-state index in [-0.39, 0.29) is 5.75 Å². The third-order valence-corrected chi connectivity index (χ3v) is 3.03. The number of carbonyl (C=O) groups is 2. The molecule has 1 aromatic rings. The van der Waals surface area contributed by atoms with Crippen LogP contribution in [0.2, 0.25) is 0 Å². The topological polar surface area (TPSA) is 105 Å². The molecular formula is C10H9Br2N3O3. The molecule has 2 amide bonds. The molecule has 0 bridgehead atoms. The summed E-state index contributed by atoms with van der Waals surface area (Å²) in [5, 5.41) is 13.5. The molecule has 0 heterocycles. The lowest BCUT2D eigenvalue weighted by Gasteiger charge is -2.07. The standard InChI is InChI=1S/C10H9Br2N3O3/c1-4(14-15-10(18)9(13)17)6-2-5(11)3-7(12)8(6)16/h2-3,16H,1H3,(H2,13,17)(H,15,18)/b14-4+. The number of nitrogens with two attached hydrogens (primary N) is 1. The van der Waals surface area contributed by atoms with Gasteiger partial charge in [0.2, 0.25) is 0 Å². The molecule has 6 nitrogen and oxygen atoms in total. The molecule has 0 unspecified atom stereocenters. The van der Waals surface area contributed by atoms with Crippen LogP contribution < -0.4 is 11.2 Å². The Balaban J connectivity index is 3.04. The number of benzene rings is 1. The Labute approximate surface area is 119 Å². The average Bonchev–Trinajstić information content (AvgIpc) is 2.29. The fraction of sp³-hybridized carbons (Fsp3) is 0.100. The predicted molar refractivity (Wildman–Crippen MR) is 73.1 cm³/mol. The van der Waals surface area contributed by atoms with Gasteiger partial charge >= 0.3 is 11.8 Å². The summed E-state index contributed by atoms with van der Waals surface area (Å²) in [6.45, 7) is 1.56. The van der Waals surface area contributed by atoms with Gasteiger partial charge in [0.15, 0.2) is 0 Å². The van der Waals surface area contributed by atoms with Gasteiger partial charge < -0.3 is 10.8 Å². The van der Waals surface area contributed by atoms with Crippen LogP contribution in [0.3, 0.4) is 0 Å². The average molecular weight is 379 g/mol. The van der Waals surface area contributed by atoms with Gasteiger partial charge in [0.25, 0.3) is 0 Å². The number of amides is 2. The summed E-state index contributed by atoms with van der Waals surface area (Å²) in [5.41, 5.74) is 7.46. The maximum Gasteiger partial charge on any atom is 0.329 e. The van der Waals surface area contributed by atoms with E-state index in [0.717, 1.165) is 4.47 Å². The van der Waals surface area contributed by atoms with Crippen molar-refractivity contribution in [1.29, 1.82) is 0 Å². The molecule has 0 fully saturated rings. The molecule has 1 aromatic carbocycles. The second-order valence-electron chi connectivity index (χ2n) is 3.29. The summed E-state index contributed by atoms with van der Waals surface area (Å²) in [4.78, 5) is 21.4. The predicted octanol–water partition coefficient (Wildman–Crippen LogP) is 1.24. The second kappa shape index (κ2) is 5.96. The van der Waals surface area contributed by atoms with Crippen LogP contribution in [0, 0.1) is 0 Å². The molecule has 0 saturated heterocycles. The normalized spacial score (nSPS) is 11.2. The summed E-state index contributed by atoms with van der Waals surface area (Å²) in [5.74, 6) is -2.18. The molecule has 96 valence electrons. The zero-order chi connectivity index (χ0) is 13.9. The molecule has 0 radical (unpaired) electrons. The highest BCUT2D eigenvalue weighted by Crippen LogP contribution is 2.31. The minimum atomic E-state index is -1.13. The molecule has 18 heavy (non-hydrogen) atoms. The number of aromatic hydroxyl groups is 1. The van der Waals surface area contributed by atoms with Crippen molar-refractivity contribution in [2.75, 3.05) is 0 Å². The van der Waals surface area contributed by atoms with E-state index in [2.05, 4.69) is 37.0 Å². The van der Waals surface area contributed by atoms with Crippen molar-refractivity contribution < 1.29 is 14.7 Å². The number of phenolic OH excluding ortho intramolecular Hbond substituents is 1. The molecule has 1 rings (SSSR count). The van der Waals surface area contributed by atoms with Gasteiger partial charge in [-0.3, -0.25) is 9.59 Å². The molecule has 0 atom stereocenters. The van der Waals surface area contributed by atoms with E-state index in [1.54, 1.807) is 19.1 Å². The van der Waals surface area contributed by atoms with Crippen LogP contribution in [-0.2, 0) is 9.59 Å².